The average molecular weight is 745 g/mol. The molecule has 1 atom stereocenters. The number of anilines is 3. The monoisotopic (exact) mass is 744 g/mol. The second-order valence-electron chi connectivity index (χ2n) is 15.2. The number of aromatic nitrogens is 1. The Morgan fingerprint density at radius 3 is 1.78 bits per heavy atom. The summed E-state index contributed by atoms with van der Waals surface area (Å²) in [6, 6.07) is 67.1. The second-order valence-corrected chi connectivity index (χ2v) is 15.2. The summed E-state index contributed by atoms with van der Waals surface area (Å²) in [5.74, 6) is 0.106. The summed E-state index contributed by atoms with van der Waals surface area (Å²) in [6.45, 7) is 0. The molecule has 274 valence electrons. The van der Waals surface area contributed by atoms with Gasteiger partial charge in [0.15, 0.2) is 5.58 Å². The highest BCUT2D eigenvalue weighted by Gasteiger charge is 2.27. The highest BCUT2D eigenvalue weighted by Crippen LogP contribution is 2.47. The van der Waals surface area contributed by atoms with E-state index in [1.54, 1.807) is 0 Å². The Labute approximate surface area is 334 Å². The average Bonchev–Trinajstić information content (AvgIpc) is 3.97. The number of allylic oxidation sites excluding steroid dienone is 4. The lowest BCUT2D eigenvalue weighted by Crippen LogP contribution is -2.13. The zero-order valence-electron chi connectivity index (χ0n) is 31.5. The van der Waals surface area contributed by atoms with E-state index in [2.05, 4.69) is 185 Å². The lowest BCUT2D eigenvalue weighted by Gasteiger charge is -2.29. The molecular weight excluding hydrogens is 709 g/mol. The molecule has 1 aliphatic carbocycles. The van der Waals surface area contributed by atoms with Crippen LogP contribution in [0, 0.1) is 0 Å². The normalized spacial score (nSPS) is 14.5. The first kappa shape index (κ1) is 32.7. The molecule has 11 aromatic rings. The van der Waals surface area contributed by atoms with E-state index in [4.69, 9.17) is 8.83 Å². The predicted molar refractivity (Wildman–Crippen MR) is 241 cm³/mol. The molecule has 58 heavy (non-hydrogen) atoms. The molecule has 0 fully saturated rings. The van der Waals surface area contributed by atoms with E-state index in [0.717, 1.165) is 67.4 Å². The summed E-state index contributed by atoms with van der Waals surface area (Å²) in [5, 5.41) is 6.91. The number of hydrogen-bond donors (Lipinski definition) is 0. The Morgan fingerprint density at radius 2 is 1.03 bits per heavy atom. The van der Waals surface area contributed by atoms with Crippen molar-refractivity contribution in [3.63, 3.8) is 0 Å². The molecule has 0 N–H and O–H groups in total. The van der Waals surface area contributed by atoms with Gasteiger partial charge in [-0.3, -0.25) is 0 Å². The van der Waals surface area contributed by atoms with Crippen molar-refractivity contribution >= 4 is 94.0 Å². The van der Waals surface area contributed by atoms with Crippen molar-refractivity contribution in [2.45, 2.75) is 12.3 Å². The van der Waals surface area contributed by atoms with Crippen molar-refractivity contribution in [1.82, 2.24) is 4.57 Å². The number of rotatable bonds is 6. The molecule has 0 bridgehead atoms. The molecule has 0 spiro atoms. The van der Waals surface area contributed by atoms with Gasteiger partial charge in [0.25, 0.3) is 0 Å². The fourth-order valence-corrected chi connectivity index (χ4v) is 9.33. The first-order valence-electron chi connectivity index (χ1n) is 19.9. The summed E-state index contributed by atoms with van der Waals surface area (Å²) >= 11 is 0. The summed E-state index contributed by atoms with van der Waals surface area (Å²) in [7, 11) is 0. The molecule has 4 nitrogen and oxygen atoms in total. The number of hydrogen-bond acceptors (Lipinski definition) is 3. The molecule has 0 radical (unpaired) electrons. The van der Waals surface area contributed by atoms with Crippen LogP contribution in [0.25, 0.3) is 77.0 Å². The fraction of sp³-hybridized carbons (Fsp3) is 0.0370. The molecule has 0 saturated carbocycles. The van der Waals surface area contributed by atoms with Gasteiger partial charge in [-0.1, -0.05) is 133 Å². The SMILES string of the molecule is C1=C(c2ccccc2)CC(c2ccc(N(c3ccc4oc5ccccc5c4c3)c3cccc4c3oc3ccccc34)cc2)C(n2c3ccccc3c3ccccc32)=C1. The summed E-state index contributed by atoms with van der Waals surface area (Å²) in [5.41, 5.74) is 14.1. The molecule has 12 rings (SSSR count). The van der Waals surface area contributed by atoms with Crippen molar-refractivity contribution in [3.8, 4) is 0 Å². The maximum absolute atomic E-state index is 6.67. The Morgan fingerprint density at radius 1 is 0.448 bits per heavy atom. The van der Waals surface area contributed by atoms with Gasteiger partial charge in [-0.15, -0.1) is 0 Å². The van der Waals surface area contributed by atoms with Crippen molar-refractivity contribution < 1.29 is 8.83 Å². The van der Waals surface area contributed by atoms with Gasteiger partial charge < -0.3 is 18.3 Å². The smallest absolute Gasteiger partial charge is 0.159 e. The minimum Gasteiger partial charge on any atom is -0.456 e. The Hall–Kier alpha value is -7.56. The van der Waals surface area contributed by atoms with Crippen molar-refractivity contribution in [3.05, 3.63) is 211 Å². The zero-order chi connectivity index (χ0) is 38.2. The third kappa shape index (κ3) is 5.08. The van der Waals surface area contributed by atoms with Gasteiger partial charge in [-0.25, -0.2) is 0 Å². The van der Waals surface area contributed by atoms with E-state index in [-0.39, 0.29) is 5.92 Å². The Kier molecular flexibility index (Phi) is 7.32. The van der Waals surface area contributed by atoms with Gasteiger partial charge in [0.05, 0.1) is 16.7 Å². The summed E-state index contributed by atoms with van der Waals surface area (Å²) < 4.78 is 15.4. The largest absolute Gasteiger partial charge is 0.456 e. The van der Waals surface area contributed by atoms with Crippen LogP contribution >= 0.6 is 0 Å². The maximum atomic E-state index is 6.67. The van der Waals surface area contributed by atoms with E-state index in [1.165, 1.54) is 44.2 Å². The fourth-order valence-electron chi connectivity index (χ4n) is 9.33. The quantitative estimate of drug-likeness (QED) is 0.170. The molecule has 3 heterocycles. The Balaban J connectivity index is 1.03. The van der Waals surface area contributed by atoms with Gasteiger partial charge in [0.2, 0.25) is 0 Å². The van der Waals surface area contributed by atoms with Crippen LogP contribution in [-0.4, -0.2) is 4.57 Å². The molecule has 8 aromatic carbocycles. The standard InChI is InChI=1S/C54H36N2O2/c1-2-13-35(14-3-1)37-27-31-49(56-47-20-8-4-15-40(47)41-16-5-9-21-48(41)56)45(33-37)36-25-28-38(29-26-36)55(39-30-32-53-46(34-39)43-18-7-10-23-51(43)57-53)50-22-12-19-44-42-17-6-11-24-52(42)58-54(44)50/h1-32,34,45H,33H2. The van der Waals surface area contributed by atoms with Crippen LogP contribution < -0.4 is 4.90 Å². The minimum absolute atomic E-state index is 0.106. The summed E-state index contributed by atoms with van der Waals surface area (Å²) in [6.07, 6.45) is 5.55. The minimum atomic E-state index is 0.106. The highest BCUT2D eigenvalue weighted by atomic mass is 16.3. The van der Waals surface area contributed by atoms with Crippen molar-refractivity contribution in [2.75, 3.05) is 4.90 Å². The van der Waals surface area contributed by atoms with E-state index >= 15 is 0 Å². The highest BCUT2D eigenvalue weighted by molar-refractivity contribution is 6.12. The Bertz CT molecular complexity index is 3380. The van der Waals surface area contributed by atoms with Crippen molar-refractivity contribution in [1.29, 1.82) is 0 Å². The first-order valence-corrected chi connectivity index (χ1v) is 19.9. The molecule has 3 aromatic heterocycles. The lowest BCUT2D eigenvalue weighted by molar-refractivity contribution is 0.669. The number of fused-ring (bicyclic) bond motifs is 9. The first-order chi connectivity index (χ1) is 28.8. The predicted octanol–water partition coefficient (Wildman–Crippen LogP) is 15.2. The van der Waals surface area contributed by atoms with E-state index < -0.39 is 0 Å². The third-order valence-corrected chi connectivity index (χ3v) is 12.0. The van der Waals surface area contributed by atoms with E-state index in [0.29, 0.717) is 0 Å². The van der Waals surface area contributed by atoms with Crippen LogP contribution in [0.15, 0.2) is 209 Å². The number of furan rings is 2. The third-order valence-electron chi connectivity index (χ3n) is 12.0. The van der Waals surface area contributed by atoms with Crippen LogP contribution in [0.4, 0.5) is 17.1 Å². The van der Waals surface area contributed by atoms with Gasteiger partial charge in [0.1, 0.15) is 16.7 Å². The zero-order valence-corrected chi connectivity index (χ0v) is 31.5. The van der Waals surface area contributed by atoms with Crippen LogP contribution in [0.5, 0.6) is 0 Å². The summed E-state index contributed by atoms with van der Waals surface area (Å²) in [4.78, 5) is 2.33. The molecule has 0 saturated heterocycles. The number of benzene rings is 8. The lowest BCUT2D eigenvalue weighted by atomic mass is 9.83. The molecule has 1 aliphatic rings. The number of nitrogens with zero attached hydrogens (tertiary/aromatic N) is 2. The van der Waals surface area contributed by atoms with E-state index in [9.17, 15) is 0 Å². The molecule has 1 unspecified atom stereocenters. The second kappa shape index (κ2) is 13.0. The van der Waals surface area contributed by atoms with Gasteiger partial charge in [0, 0.05) is 55.3 Å². The van der Waals surface area contributed by atoms with E-state index in [1.807, 2.05) is 24.3 Å². The van der Waals surface area contributed by atoms with Crippen LogP contribution in [0.1, 0.15) is 23.5 Å². The van der Waals surface area contributed by atoms with Gasteiger partial charge in [-0.2, -0.15) is 0 Å². The topological polar surface area (TPSA) is 34.5 Å². The van der Waals surface area contributed by atoms with Crippen molar-refractivity contribution in [2.24, 2.45) is 0 Å². The van der Waals surface area contributed by atoms with Crippen LogP contribution in [-0.2, 0) is 0 Å². The number of para-hydroxylation sites is 5. The van der Waals surface area contributed by atoms with Crippen LogP contribution in [0.3, 0.4) is 0 Å². The molecule has 4 heteroatoms. The molecule has 0 aliphatic heterocycles. The van der Waals surface area contributed by atoms with Gasteiger partial charge in [-0.05, 0) is 89.9 Å². The van der Waals surface area contributed by atoms with Crippen LogP contribution in [0.2, 0.25) is 0 Å². The maximum Gasteiger partial charge on any atom is 0.159 e. The molecular formula is C54H36N2O2. The van der Waals surface area contributed by atoms with Gasteiger partial charge >= 0.3 is 0 Å². The molecule has 0 amide bonds.